The lowest BCUT2D eigenvalue weighted by atomic mass is 10.2. The van der Waals surface area contributed by atoms with Gasteiger partial charge in [-0.2, -0.15) is 0 Å². The molecule has 0 aromatic carbocycles. The average Bonchev–Trinajstić information content (AvgIpc) is 2.60. The van der Waals surface area contributed by atoms with Crippen molar-refractivity contribution in [2.75, 3.05) is 17.2 Å². The fraction of sp³-hybridized carbons (Fsp3) is 0.222. The van der Waals surface area contributed by atoms with Gasteiger partial charge in [0, 0.05) is 18.7 Å². The Morgan fingerprint density at radius 1 is 1.08 bits per heavy atom. The molecule has 26 heavy (non-hydrogen) atoms. The van der Waals surface area contributed by atoms with E-state index < -0.39 is 5.82 Å². The molecule has 0 aliphatic carbocycles. The molecule has 0 unspecified atom stereocenters. The molecule has 0 fully saturated rings. The minimum Gasteiger partial charge on any atom is -0.370 e. The Bertz CT molecular complexity index is 902. The number of hydrogen-bond acceptors (Lipinski definition) is 6. The third-order valence-corrected chi connectivity index (χ3v) is 3.55. The first-order valence-corrected chi connectivity index (χ1v) is 8.51. The number of aromatic nitrogens is 4. The number of nitrogens with one attached hydrogen (secondary N) is 2. The Balaban J connectivity index is 1.96. The second-order valence-corrected chi connectivity index (χ2v) is 6.49. The number of pyridine rings is 2. The highest BCUT2D eigenvalue weighted by molar-refractivity contribution is 6.29. The SMILES string of the molecule is CC(C)CNc1cc(Nc2cncc(F)c2)nc(-c2cccc(Cl)n2)n1. The van der Waals surface area contributed by atoms with Gasteiger partial charge in [0.15, 0.2) is 5.82 Å². The van der Waals surface area contributed by atoms with Crippen LogP contribution in [0.4, 0.5) is 21.7 Å². The van der Waals surface area contributed by atoms with E-state index in [2.05, 4.69) is 44.4 Å². The highest BCUT2D eigenvalue weighted by atomic mass is 35.5. The maximum atomic E-state index is 13.4. The molecule has 3 heterocycles. The van der Waals surface area contributed by atoms with E-state index in [-0.39, 0.29) is 0 Å². The largest absolute Gasteiger partial charge is 0.370 e. The van der Waals surface area contributed by atoms with E-state index in [0.717, 1.165) is 12.7 Å². The van der Waals surface area contributed by atoms with Crippen LogP contribution in [0.3, 0.4) is 0 Å². The molecule has 0 aliphatic rings. The predicted octanol–water partition coefficient (Wildman–Crippen LogP) is 4.54. The van der Waals surface area contributed by atoms with Gasteiger partial charge in [-0.3, -0.25) is 4.98 Å². The molecular weight excluding hydrogens is 355 g/mol. The minimum absolute atomic E-state index is 0.357. The molecule has 0 aliphatic heterocycles. The van der Waals surface area contributed by atoms with Gasteiger partial charge in [0.1, 0.15) is 28.3 Å². The zero-order chi connectivity index (χ0) is 18.5. The lowest BCUT2D eigenvalue weighted by Gasteiger charge is -2.12. The van der Waals surface area contributed by atoms with Gasteiger partial charge in [-0.05, 0) is 18.1 Å². The van der Waals surface area contributed by atoms with E-state index in [0.29, 0.717) is 39.9 Å². The van der Waals surface area contributed by atoms with Gasteiger partial charge in [-0.1, -0.05) is 31.5 Å². The molecule has 3 aromatic heterocycles. The lowest BCUT2D eigenvalue weighted by molar-refractivity contribution is 0.622. The van der Waals surface area contributed by atoms with Crippen LogP contribution < -0.4 is 10.6 Å². The number of halogens is 2. The Kier molecular flexibility index (Phi) is 5.58. The minimum atomic E-state index is -0.432. The van der Waals surface area contributed by atoms with Crippen LogP contribution in [0.1, 0.15) is 13.8 Å². The van der Waals surface area contributed by atoms with Crippen LogP contribution in [0.15, 0.2) is 42.7 Å². The number of anilines is 3. The lowest BCUT2D eigenvalue weighted by Crippen LogP contribution is -2.11. The summed E-state index contributed by atoms with van der Waals surface area (Å²) in [5.74, 6) is 1.56. The number of hydrogen-bond donors (Lipinski definition) is 2. The quantitative estimate of drug-likeness (QED) is 0.619. The molecule has 0 radical (unpaired) electrons. The third kappa shape index (κ3) is 4.86. The average molecular weight is 373 g/mol. The van der Waals surface area contributed by atoms with Crippen molar-refractivity contribution in [1.29, 1.82) is 0 Å². The van der Waals surface area contributed by atoms with Gasteiger partial charge >= 0.3 is 0 Å². The van der Waals surface area contributed by atoms with Crippen molar-refractivity contribution in [3.8, 4) is 11.5 Å². The van der Waals surface area contributed by atoms with E-state index in [4.69, 9.17) is 11.6 Å². The van der Waals surface area contributed by atoms with E-state index >= 15 is 0 Å². The third-order valence-electron chi connectivity index (χ3n) is 3.34. The fourth-order valence-corrected chi connectivity index (χ4v) is 2.35. The molecule has 0 saturated heterocycles. The molecule has 0 atom stereocenters. The predicted molar refractivity (Wildman–Crippen MR) is 101 cm³/mol. The van der Waals surface area contributed by atoms with Gasteiger partial charge in [-0.25, -0.2) is 19.3 Å². The summed E-state index contributed by atoms with van der Waals surface area (Å²) in [4.78, 5) is 17.0. The van der Waals surface area contributed by atoms with E-state index in [9.17, 15) is 4.39 Å². The Labute approximate surface area is 155 Å². The first-order chi connectivity index (χ1) is 12.5. The van der Waals surface area contributed by atoms with Crippen molar-refractivity contribution < 1.29 is 4.39 Å². The molecule has 0 spiro atoms. The van der Waals surface area contributed by atoms with Gasteiger partial charge in [0.25, 0.3) is 0 Å². The summed E-state index contributed by atoms with van der Waals surface area (Å²) in [5, 5.41) is 6.66. The molecular formula is C18H18ClFN6. The molecule has 6 nitrogen and oxygen atoms in total. The Hall–Kier alpha value is -2.80. The van der Waals surface area contributed by atoms with Crippen LogP contribution in [-0.2, 0) is 0 Å². The van der Waals surface area contributed by atoms with E-state index in [1.54, 1.807) is 24.3 Å². The molecule has 3 aromatic rings. The molecule has 134 valence electrons. The Morgan fingerprint density at radius 3 is 2.62 bits per heavy atom. The van der Waals surface area contributed by atoms with Crippen LogP contribution in [-0.4, -0.2) is 26.5 Å². The summed E-state index contributed by atoms with van der Waals surface area (Å²) in [6.07, 6.45) is 2.66. The van der Waals surface area contributed by atoms with E-state index in [1.165, 1.54) is 12.3 Å². The summed E-state index contributed by atoms with van der Waals surface area (Å²) >= 11 is 5.98. The van der Waals surface area contributed by atoms with Crippen molar-refractivity contribution in [3.05, 3.63) is 53.7 Å². The number of nitrogens with zero attached hydrogens (tertiary/aromatic N) is 4. The summed E-state index contributed by atoms with van der Waals surface area (Å²) in [5.41, 5.74) is 1.04. The van der Waals surface area contributed by atoms with Crippen molar-refractivity contribution >= 4 is 28.9 Å². The second-order valence-electron chi connectivity index (χ2n) is 6.10. The summed E-state index contributed by atoms with van der Waals surface area (Å²) in [6, 6.07) is 8.34. The van der Waals surface area contributed by atoms with Crippen LogP contribution in [0.5, 0.6) is 0 Å². The maximum Gasteiger partial charge on any atom is 0.182 e. The highest BCUT2D eigenvalue weighted by Gasteiger charge is 2.10. The summed E-state index contributed by atoms with van der Waals surface area (Å²) in [7, 11) is 0. The summed E-state index contributed by atoms with van der Waals surface area (Å²) < 4.78 is 13.4. The molecule has 2 N–H and O–H groups in total. The van der Waals surface area contributed by atoms with Gasteiger partial charge in [0.2, 0.25) is 0 Å². The van der Waals surface area contributed by atoms with Gasteiger partial charge < -0.3 is 10.6 Å². The molecule has 0 bridgehead atoms. The first-order valence-electron chi connectivity index (χ1n) is 8.13. The zero-order valence-electron chi connectivity index (χ0n) is 14.4. The topological polar surface area (TPSA) is 75.6 Å². The Morgan fingerprint density at radius 2 is 1.88 bits per heavy atom. The molecule has 0 saturated carbocycles. The van der Waals surface area contributed by atoms with Crippen molar-refractivity contribution in [2.24, 2.45) is 5.92 Å². The normalized spacial score (nSPS) is 10.8. The second kappa shape index (κ2) is 8.05. The monoisotopic (exact) mass is 372 g/mol. The standard InChI is InChI=1S/C18H18ClFN6/c1-11(2)8-22-16-7-17(23-13-6-12(20)9-21-10-13)26-18(25-16)14-4-3-5-15(19)24-14/h3-7,9-11H,8H2,1-2H3,(H2,22,23,25,26). The van der Waals surface area contributed by atoms with Gasteiger partial charge in [0.05, 0.1) is 18.1 Å². The maximum absolute atomic E-state index is 13.4. The van der Waals surface area contributed by atoms with Crippen molar-refractivity contribution in [2.45, 2.75) is 13.8 Å². The van der Waals surface area contributed by atoms with Crippen LogP contribution in [0.25, 0.3) is 11.5 Å². The van der Waals surface area contributed by atoms with E-state index in [1.807, 2.05) is 0 Å². The van der Waals surface area contributed by atoms with Crippen LogP contribution in [0, 0.1) is 11.7 Å². The number of rotatable bonds is 6. The zero-order valence-corrected chi connectivity index (χ0v) is 15.1. The van der Waals surface area contributed by atoms with Crippen LogP contribution >= 0.6 is 11.6 Å². The fourth-order valence-electron chi connectivity index (χ4n) is 2.19. The first kappa shape index (κ1) is 18.0. The molecule has 8 heteroatoms. The van der Waals surface area contributed by atoms with Gasteiger partial charge in [-0.15, -0.1) is 0 Å². The van der Waals surface area contributed by atoms with Crippen LogP contribution in [0.2, 0.25) is 5.15 Å². The highest BCUT2D eigenvalue weighted by Crippen LogP contribution is 2.23. The molecule has 0 amide bonds. The molecule has 3 rings (SSSR count). The smallest absolute Gasteiger partial charge is 0.182 e. The summed E-state index contributed by atoms with van der Waals surface area (Å²) in [6.45, 7) is 4.96. The van der Waals surface area contributed by atoms with Crippen molar-refractivity contribution in [1.82, 2.24) is 19.9 Å². The van der Waals surface area contributed by atoms with Crippen molar-refractivity contribution in [3.63, 3.8) is 0 Å².